The fourth-order valence-electron chi connectivity index (χ4n) is 2.13. The Labute approximate surface area is 123 Å². The van der Waals surface area contributed by atoms with Gasteiger partial charge in [-0.3, -0.25) is 4.21 Å². The molecule has 0 fully saturated rings. The van der Waals surface area contributed by atoms with E-state index in [1.54, 1.807) is 17.7 Å². The Morgan fingerprint density at radius 1 is 1.45 bits per heavy atom. The van der Waals surface area contributed by atoms with Gasteiger partial charge in [-0.15, -0.1) is 11.6 Å². The molecule has 1 heterocycles. The van der Waals surface area contributed by atoms with Crippen molar-refractivity contribution in [2.75, 3.05) is 12.0 Å². The second kappa shape index (κ2) is 6.18. The minimum absolute atomic E-state index is 0.117. The fourth-order valence-corrected chi connectivity index (χ4v) is 2.83. The highest BCUT2D eigenvalue weighted by Gasteiger charge is 2.18. The van der Waals surface area contributed by atoms with E-state index in [2.05, 4.69) is 4.98 Å². The van der Waals surface area contributed by atoms with Crippen LogP contribution in [0, 0.1) is 11.6 Å². The lowest BCUT2D eigenvalue weighted by Gasteiger charge is -2.10. The predicted octanol–water partition coefficient (Wildman–Crippen LogP) is 3.38. The molecular weight excluding hydrogens is 306 g/mol. The van der Waals surface area contributed by atoms with Gasteiger partial charge in [-0.05, 0) is 19.4 Å². The molecule has 1 aromatic carbocycles. The van der Waals surface area contributed by atoms with Gasteiger partial charge >= 0.3 is 0 Å². The van der Waals surface area contributed by atoms with Crippen molar-refractivity contribution < 1.29 is 13.0 Å². The first kappa shape index (κ1) is 15.4. The zero-order chi connectivity index (χ0) is 14.9. The summed E-state index contributed by atoms with van der Waals surface area (Å²) in [5.74, 6) is -0.332. The van der Waals surface area contributed by atoms with Gasteiger partial charge in [0.25, 0.3) is 0 Å². The number of benzene rings is 1. The first-order valence-electron chi connectivity index (χ1n) is 6.19. The van der Waals surface area contributed by atoms with E-state index in [-0.39, 0.29) is 5.52 Å². The summed E-state index contributed by atoms with van der Waals surface area (Å²) >= 11 is 6.05. The van der Waals surface area contributed by atoms with Crippen LogP contribution in [0.5, 0.6) is 0 Å². The normalized spacial score (nSPS) is 14.7. The quantitative estimate of drug-likeness (QED) is 0.792. The molecular formula is C13H15ClF2N2OS. The van der Waals surface area contributed by atoms with Crippen LogP contribution in [0.1, 0.15) is 24.5 Å². The van der Waals surface area contributed by atoms with Crippen molar-refractivity contribution in [2.24, 2.45) is 0 Å². The molecule has 1 aromatic heterocycles. The van der Waals surface area contributed by atoms with E-state index >= 15 is 0 Å². The van der Waals surface area contributed by atoms with E-state index < -0.39 is 27.8 Å². The van der Waals surface area contributed by atoms with Crippen molar-refractivity contribution in [3.05, 3.63) is 29.6 Å². The van der Waals surface area contributed by atoms with E-state index in [1.165, 1.54) is 6.07 Å². The van der Waals surface area contributed by atoms with E-state index in [0.717, 1.165) is 6.07 Å². The van der Waals surface area contributed by atoms with Crippen LogP contribution in [-0.4, -0.2) is 25.8 Å². The van der Waals surface area contributed by atoms with Gasteiger partial charge in [0, 0.05) is 35.4 Å². The van der Waals surface area contributed by atoms with Crippen molar-refractivity contribution in [2.45, 2.75) is 25.3 Å². The summed E-state index contributed by atoms with van der Waals surface area (Å²) in [6, 6.07) is 2.06. The van der Waals surface area contributed by atoms with Crippen LogP contribution >= 0.6 is 11.6 Å². The number of fused-ring (bicyclic) bond motifs is 1. The Morgan fingerprint density at radius 2 is 2.15 bits per heavy atom. The topological polar surface area (TPSA) is 34.9 Å². The first-order chi connectivity index (χ1) is 9.40. The monoisotopic (exact) mass is 320 g/mol. The van der Waals surface area contributed by atoms with Gasteiger partial charge < -0.3 is 4.57 Å². The van der Waals surface area contributed by atoms with Crippen LogP contribution in [-0.2, 0) is 17.3 Å². The van der Waals surface area contributed by atoms with Gasteiger partial charge in [-0.1, -0.05) is 0 Å². The summed E-state index contributed by atoms with van der Waals surface area (Å²) < 4.78 is 39.9. The zero-order valence-corrected chi connectivity index (χ0v) is 12.8. The molecule has 2 rings (SSSR count). The molecule has 2 aromatic rings. The number of aromatic nitrogens is 2. The standard InChI is InChI=1S/C13H15ClF2N2OS/c1-8(14)13-17-12-10(16)6-9(15)7-11(12)18(13)4-3-5-20(2)19/h6-8H,3-5H2,1-2H3. The minimum Gasteiger partial charge on any atom is -0.327 e. The number of halogens is 3. The van der Waals surface area contributed by atoms with Crippen molar-refractivity contribution in [1.29, 1.82) is 0 Å². The van der Waals surface area contributed by atoms with E-state index in [1.807, 2.05) is 0 Å². The zero-order valence-electron chi connectivity index (χ0n) is 11.2. The molecule has 0 saturated carbocycles. The molecule has 0 aliphatic rings. The Kier molecular flexibility index (Phi) is 4.75. The Morgan fingerprint density at radius 3 is 2.75 bits per heavy atom. The summed E-state index contributed by atoms with van der Waals surface area (Å²) in [4.78, 5) is 4.16. The number of nitrogens with zero attached hydrogens (tertiary/aromatic N) is 2. The van der Waals surface area contributed by atoms with Crippen LogP contribution in [0.4, 0.5) is 8.78 Å². The number of rotatable bonds is 5. The van der Waals surface area contributed by atoms with Crippen LogP contribution in [0.3, 0.4) is 0 Å². The highest BCUT2D eigenvalue weighted by molar-refractivity contribution is 7.84. The molecule has 0 amide bonds. The lowest BCUT2D eigenvalue weighted by molar-refractivity contribution is 0.589. The molecule has 3 nitrogen and oxygen atoms in total. The molecule has 0 radical (unpaired) electrons. The molecule has 2 atom stereocenters. The summed E-state index contributed by atoms with van der Waals surface area (Å²) in [5.41, 5.74) is 0.499. The second-order valence-electron chi connectivity index (χ2n) is 4.62. The van der Waals surface area contributed by atoms with Gasteiger partial charge in [0.15, 0.2) is 5.82 Å². The lowest BCUT2D eigenvalue weighted by Crippen LogP contribution is -2.07. The van der Waals surface area contributed by atoms with Crippen LogP contribution in [0.15, 0.2) is 12.1 Å². The van der Waals surface area contributed by atoms with E-state index in [0.29, 0.717) is 30.1 Å². The van der Waals surface area contributed by atoms with E-state index in [4.69, 9.17) is 11.6 Å². The summed E-state index contributed by atoms with van der Waals surface area (Å²) in [5, 5.41) is -0.419. The number of aryl methyl sites for hydroxylation is 1. The SMILES string of the molecule is CC(Cl)c1nc2c(F)cc(F)cc2n1CCCS(C)=O. The maximum atomic E-state index is 13.7. The molecule has 2 unspecified atom stereocenters. The Bertz CT molecular complexity index is 657. The lowest BCUT2D eigenvalue weighted by atomic mass is 10.3. The maximum Gasteiger partial charge on any atom is 0.153 e. The van der Waals surface area contributed by atoms with Crippen molar-refractivity contribution in [3.8, 4) is 0 Å². The third-order valence-electron chi connectivity index (χ3n) is 2.97. The average molecular weight is 321 g/mol. The molecule has 0 saturated heterocycles. The fraction of sp³-hybridized carbons (Fsp3) is 0.462. The van der Waals surface area contributed by atoms with Crippen molar-refractivity contribution in [3.63, 3.8) is 0 Å². The van der Waals surface area contributed by atoms with Crippen LogP contribution < -0.4 is 0 Å². The third-order valence-corrected chi connectivity index (χ3v) is 4.03. The van der Waals surface area contributed by atoms with Gasteiger partial charge in [-0.2, -0.15) is 0 Å². The molecule has 7 heteroatoms. The number of alkyl halides is 1. The second-order valence-corrected chi connectivity index (χ2v) is 6.83. The number of hydrogen-bond donors (Lipinski definition) is 0. The van der Waals surface area contributed by atoms with Crippen LogP contribution in [0.25, 0.3) is 11.0 Å². The van der Waals surface area contributed by atoms with Crippen LogP contribution in [0.2, 0.25) is 0 Å². The largest absolute Gasteiger partial charge is 0.327 e. The molecule has 0 aliphatic heterocycles. The summed E-state index contributed by atoms with van der Waals surface area (Å²) in [6.45, 7) is 2.21. The number of imidazole rings is 1. The maximum absolute atomic E-state index is 13.7. The van der Waals surface area contributed by atoms with Gasteiger partial charge in [0.05, 0.1) is 10.9 Å². The van der Waals surface area contributed by atoms with Crippen molar-refractivity contribution in [1.82, 2.24) is 9.55 Å². The Balaban J connectivity index is 2.47. The van der Waals surface area contributed by atoms with Crippen molar-refractivity contribution >= 4 is 33.4 Å². The van der Waals surface area contributed by atoms with Gasteiger partial charge in [0.1, 0.15) is 17.2 Å². The average Bonchev–Trinajstić information content (AvgIpc) is 2.68. The van der Waals surface area contributed by atoms with E-state index in [9.17, 15) is 13.0 Å². The molecule has 0 bridgehead atoms. The highest BCUT2D eigenvalue weighted by atomic mass is 35.5. The molecule has 0 spiro atoms. The molecule has 0 aliphatic carbocycles. The van der Waals surface area contributed by atoms with Gasteiger partial charge in [0.2, 0.25) is 0 Å². The smallest absolute Gasteiger partial charge is 0.153 e. The number of hydrogen-bond acceptors (Lipinski definition) is 2. The summed E-state index contributed by atoms with van der Waals surface area (Å²) in [6.07, 6.45) is 2.25. The molecule has 0 N–H and O–H groups in total. The highest BCUT2D eigenvalue weighted by Crippen LogP contribution is 2.27. The Hall–Kier alpha value is -1.01. The predicted molar refractivity (Wildman–Crippen MR) is 77.5 cm³/mol. The summed E-state index contributed by atoms with van der Waals surface area (Å²) in [7, 11) is -0.902. The third kappa shape index (κ3) is 3.17. The first-order valence-corrected chi connectivity index (χ1v) is 8.35. The minimum atomic E-state index is -0.902. The van der Waals surface area contributed by atoms with Gasteiger partial charge in [-0.25, -0.2) is 13.8 Å². The molecule has 110 valence electrons. The molecule has 20 heavy (non-hydrogen) atoms.